The molecule has 28 heavy (non-hydrogen) atoms. The van der Waals surface area contributed by atoms with Crippen LogP contribution in [0.1, 0.15) is 16.8 Å². The summed E-state index contributed by atoms with van der Waals surface area (Å²) in [5, 5.41) is 0.408. The minimum atomic E-state index is -4.47. The number of nitrogens with zero attached hydrogens (tertiary/aromatic N) is 4. The van der Waals surface area contributed by atoms with E-state index in [4.69, 9.17) is 16.3 Å². The Morgan fingerprint density at radius 1 is 1.18 bits per heavy atom. The average molecular weight is 413 g/mol. The fourth-order valence-electron chi connectivity index (χ4n) is 3.25. The summed E-state index contributed by atoms with van der Waals surface area (Å²) in [6, 6.07) is 3.74. The lowest BCUT2D eigenvalue weighted by Crippen LogP contribution is -2.32. The Labute approximate surface area is 161 Å². The number of aromatic nitrogens is 3. The van der Waals surface area contributed by atoms with Crippen LogP contribution in [0.4, 0.5) is 23.4 Å². The second kappa shape index (κ2) is 6.73. The van der Waals surface area contributed by atoms with Crippen molar-refractivity contribution >= 4 is 28.3 Å². The highest BCUT2D eigenvalue weighted by atomic mass is 35.5. The fraction of sp³-hybridized carbons (Fsp3) is 0.278. The maximum absolute atomic E-state index is 14.0. The highest BCUT2D eigenvalue weighted by molar-refractivity contribution is 6.28. The van der Waals surface area contributed by atoms with E-state index in [2.05, 4.69) is 15.0 Å². The smallest absolute Gasteiger partial charge is 0.417 e. The highest BCUT2D eigenvalue weighted by Crippen LogP contribution is 2.35. The summed E-state index contributed by atoms with van der Waals surface area (Å²) in [5.74, 6) is -0.187. The Kier molecular flexibility index (Phi) is 4.49. The Bertz CT molecular complexity index is 1070. The molecular weight excluding hydrogens is 400 g/mol. The van der Waals surface area contributed by atoms with Crippen LogP contribution in [0.5, 0.6) is 5.75 Å². The topological polar surface area (TPSA) is 51.1 Å². The number of alkyl halides is 3. The van der Waals surface area contributed by atoms with E-state index in [1.165, 1.54) is 19.2 Å². The minimum Gasteiger partial charge on any atom is -0.494 e. The summed E-state index contributed by atoms with van der Waals surface area (Å²) in [4.78, 5) is 14.0. The van der Waals surface area contributed by atoms with Gasteiger partial charge in [-0.05, 0) is 29.3 Å². The van der Waals surface area contributed by atoms with Crippen molar-refractivity contribution in [3.8, 4) is 5.75 Å². The molecule has 0 amide bonds. The van der Waals surface area contributed by atoms with Gasteiger partial charge in [-0.25, -0.2) is 9.37 Å². The molecule has 0 unspecified atom stereocenters. The third-order valence-electron chi connectivity index (χ3n) is 4.59. The van der Waals surface area contributed by atoms with E-state index < -0.39 is 17.6 Å². The zero-order valence-electron chi connectivity index (χ0n) is 14.5. The van der Waals surface area contributed by atoms with Gasteiger partial charge in [0.25, 0.3) is 0 Å². The first kappa shape index (κ1) is 18.7. The molecule has 1 aliphatic heterocycles. The summed E-state index contributed by atoms with van der Waals surface area (Å²) >= 11 is 5.99. The Morgan fingerprint density at radius 3 is 2.68 bits per heavy atom. The molecule has 3 aromatic rings. The van der Waals surface area contributed by atoms with E-state index >= 15 is 0 Å². The number of methoxy groups -OCH3 is 1. The van der Waals surface area contributed by atoms with Gasteiger partial charge < -0.3 is 9.64 Å². The quantitative estimate of drug-likeness (QED) is 0.461. The van der Waals surface area contributed by atoms with E-state index in [1.54, 1.807) is 4.90 Å². The molecule has 0 saturated heterocycles. The molecule has 0 radical (unpaired) electrons. The van der Waals surface area contributed by atoms with Crippen molar-refractivity contribution in [1.82, 2.24) is 15.0 Å². The predicted octanol–water partition coefficient (Wildman–Crippen LogP) is 4.41. The second-order valence-corrected chi connectivity index (χ2v) is 6.66. The minimum absolute atomic E-state index is 0.0121. The summed E-state index contributed by atoms with van der Waals surface area (Å²) < 4.78 is 58.1. The van der Waals surface area contributed by atoms with Crippen molar-refractivity contribution < 1.29 is 22.3 Å². The molecule has 146 valence electrons. The fourth-order valence-corrected chi connectivity index (χ4v) is 3.42. The lowest BCUT2D eigenvalue weighted by Gasteiger charge is -2.30. The third kappa shape index (κ3) is 3.30. The third-order valence-corrected chi connectivity index (χ3v) is 4.76. The molecule has 10 heteroatoms. The molecule has 3 heterocycles. The highest BCUT2D eigenvalue weighted by Gasteiger charge is 2.32. The van der Waals surface area contributed by atoms with Crippen LogP contribution in [0, 0.1) is 5.82 Å². The molecule has 0 atom stereocenters. The van der Waals surface area contributed by atoms with Gasteiger partial charge in [-0.1, -0.05) is 0 Å². The molecule has 2 aromatic heterocycles. The average Bonchev–Trinajstić information content (AvgIpc) is 2.65. The van der Waals surface area contributed by atoms with Crippen LogP contribution < -0.4 is 9.64 Å². The van der Waals surface area contributed by atoms with Crippen LogP contribution >= 0.6 is 11.6 Å². The Hall–Kier alpha value is -2.68. The maximum atomic E-state index is 14.0. The van der Waals surface area contributed by atoms with Gasteiger partial charge in [0.05, 0.1) is 18.2 Å². The van der Waals surface area contributed by atoms with Crippen molar-refractivity contribution in [1.29, 1.82) is 0 Å². The van der Waals surface area contributed by atoms with Crippen LogP contribution in [-0.2, 0) is 19.1 Å². The molecule has 0 spiro atoms. The van der Waals surface area contributed by atoms with Crippen LogP contribution in [0.15, 0.2) is 24.4 Å². The van der Waals surface area contributed by atoms with Gasteiger partial charge in [-0.15, -0.1) is 0 Å². The van der Waals surface area contributed by atoms with Crippen molar-refractivity contribution in [2.45, 2.75) is 19.1 Å². The number of hydrogen-bond acceptors (Lipinski definition) is 5. The van der Waals surface area contributed by atoms with E-state index in [1.807, 2.05) is 0 Å². The van der Waals surface area contributed by atoms with Crippen molar-refractivity contribution in [3.05, 3.63) is 52.3 Å². The van der Waals surface area contributed by atoms with Crippen LogP contribution in [0.25, 0.3) is 10.9 Å². The summed E-state index contributed by atoms with van der Waals surface area (Å²) in [6.07, 6.45) is -3.19. The number of ether oxygens (including phenoxy) is 1. The first-order chi connectivity index (χ1) is 13.3. The van der Waals surface area contributed by atoms with Gasteiger partial charge >= 0.3 is 6.18 Å². The largest absolute Gasteiger partial charge is 0.494 e. The second-order valence-electron chi connectivity index (χ2n) is 6.32. The maximum Gasteiger partial charge on any atom is 0.417 e. The van der Waals surface area contributed by atoms with Crippen LogP contribution in [0.2, 0.25) is 5.28 Å². The van der Waals surface area contributed by atoms with Gasteiger partial charge in [0.15, 0.2) is 11.6 Å². The predicted molar refractivity (Wildman–Crippen MR) is 95.1 cm³/mol. The zero-order chi connectivity index (χ0) is 20.1. The van der Waals surface area contributed by atoms with Crippen molar-refractivity contribution in [2.75, 3.05) is 18.6 Å². The molecule has 0 N–H and O–H groups in total. The van der Waals surface area contributed by atoms with Gasteiger partial charge in [0.1, 0.15) is 5.82 Å². The summed E-state index contributed by atoms with van der Waals surface area (Å²) in [7, 11) is 1.34. The standard InChI is InChI=1S/C18H13ClF4N4O/c1-28-15-5-11-14(6-12(15)20)25-17(19)26-16(11)27-3-2-13-9(8-27)4-10(7-24-13)18(21,22)23/h4-7H,2-3,8H2,1H3. The Balaban J connectivity index is 1.79. The van der Waals surface area contributed by atoms with Crippen LogP contribution in [0.3, 0.4) is 0 Å². The summed E-state index contributed by atoms with van der Waals surface area (Å²) in [5.41, 5.74) is 0.541. The number of halogens is 5. The van der Waals surface area contributed by atoms with Crippen molar-refractivity contribution in [2.24, 2.45) is 0 Å². The molecule has 1 aliphatic rings. The number of benzene rings is 1. The molecule has 0 aliphatic carbocycles. The van der Waals surface area contributed by atoms with E-state index in [9.17, 15) is 17.6 Å². The van der Waals surface area contributed by atoms with Crippen molar-refractivity contribution in [3.63, 3.8) is 0 Å². The monoisotopic (exact) mass is 412 g/mol. The van der Waals surface area contributed by atoms with Gasteiger partial charge in [-0.2, -0.15) is 18.2 Å². The number of pyridine rings is 1. The van der Waals surface area contributed by atoms with Crippen LogP contribution in [-0.4, -0.2) is 28.6 Å². The molecular formula is C18H13ClF4N4O. The zero-order valence-corrected chi connectivity index (χ0v) is 15.3. The SMILES string of the molecule is COc1cc2c(N3CCc4ncc(C(F)(F)F)cc4C3)nc(Cl)nc2cc1F. The van der Waals surface area contributed by atoms with Gasteiger partial charge in [-0.3, -0.25) is 4.98 Å². The van der Waals surface area contributed by atoms with Gasteiger partial charge in [0, 0.05) is 42.9 Å². The Morgan fingerprint density at radius 2 is 1.96 bits per heavy atom. The number of anilines is 1. The molecule has 0 saturated carbocycles. The molecule has 1 aromatic carbocycles. The number of rotatable bonds is 2. The lowest BCUT2D eigenvalue weighted by molar-refractivity contribution is -0.137. The molecule has 0 bridgehead atoms. The molecule has 4 rings (SSSR count). The lowest BCUT2D eigenvalue weighted by atomic mass is 10.0. The first-order valence-electron chi connectivity index (χ1n) is 8.27. The molecule has 5 nitrogen and oxygen atoms in total. The first-order valence-corrected chi connectivity index (χ1v) is 8.65. The number of hydrogen-bond donors (Lipinski definition) is 0. The summed E-state index contributed by atoms with van der Waals surface area (Å²) in [6.45, 7) is 0.627. The normalized spacial score (nSPS) is 14.3. The van der Waals surface area contributed by atoms with E-state index in [0.29, 0.717) is 35.4 Å². The van der Waals surface area contributed by atoms with E-state index in [-0.39, 0.29) is 23.1 Å². The number of fused-ring (bicyclic) bond motifs is 2. The van der Waals surface area contributed by atoms with E-state index in [0.717, 1.165) is 12.3 Å². The molecule has 0 fully saturated rings. The van der Waals surface area contributed by atoms with Gasteiger partial charge in [0.2, 0.25) is 5.28 Å².